The van der Waals surface area contributed by atoms with Crippen LogP contribution >= 0.6 is 0 Å². The van der Waals surface area contributed by atoms with Gasteiger partial charge in [0.25, 0.3) is 0 Å². The fraction of sp³-hybridized carbons (Fsp3) is 0.375. The van der Waals surface area contributed by atoms with E-state index in [9.17, 15) is 4.79 Å². The van der Waals surface area contributed by atoms with Gasteiger partial charge in [-0.15, -0.1) is 0 Å². The molecule has 1 N–H and O–H groups in total. The minimum atomic E-state index is -0.104. The highest BCUT2D eigenvalue weighted by atomic mass is 16.2. The second-order valence-corrected chi connectivity index (χ2v) is 7.47. The van der Waals surface area contributed by atoms with Crippen molar-refractivity contribution in [1.29, 1.82) is 0 Å². The average Bonchev–Trinajstić information content (AvgIpc) is 2.75. The molecular formula is C24H31N3O. The first-order chi connectivity index (χ1) is 13.6. The van der Waals surface area contributed by atoms with Crippen molar-refractivity contribution in [3.05, 3.63) is 77.9 Å². The van der Waals surface area contributed by atoms with Gasteiger partial charge >= 0.3 is 0 Å². The molecule has 0 aromatic heterocycles. The second kappa shape index (κ2) is 10.2. The third kappa shape index (κ3) is 5.78. The van der Waals surface area contributed by atoms with Crippen LogP contribution in [0.1, 0.15) is 31.0 Å². The normalized spacial score (nSPS) is 18.1. The maximum Gasteiger partial charge on any atom is 0.237 e. The SMILES string of the molecule is C[C@@H](NC(=O)[C@H](C)N1CCN(C/C=C/c2ccccc2)CC1)c1ccccc1. The standard InChI is InChI=1S/C24H31N3O/c1-20(23-13-7-4-8-14-23)25-24(28)21(2)27-18-16-26(17-19-27)15-9-12-22-10-5-3-6-11-22/h3-14,20-21H,15-19H2,1-2H3,(H,25,28)/b12-9+/t20-,21+/m1/s1. The maximum absolute atomic E-state index is 12.7. The summed E-state index contributed by atoms with van der Waals surface area (Å²) < 4.78 is 0. The summed E-state index contributed by atoms with van der Waals surface area (Å²) in [5.41, 5.74) is 2.37. The molecule has 28 heavy (non-hydrogen) atoms. The molecule has 0 bridgehead atoms. The molecule has 4 nitrogen and oxygen atoms in total. The first kappa shape index (κ1) is 20.3. The van der Waals surface area contributed by atoms with Crippen molar-refractivity contribution < 1.29 is 4.79 Å². The lowest BCUT2D eigenvalue weighted by Gasteiger charge is -2.37. The van der Waals surface area contributed by atoms with Crippen LogP contribution in [0.15, 0.2) is 66.7 Å². The van der Waals surface area contributed by atoms with Crippen LogP contribution in [0.3, 0.4) is 0 Å². The van der Waals surface area contributed by atoms with Crippen molar-refractivity contribution in [3.63, 3.8) is 0 Å². The highest BCUT2D eigenvalue weighted by Crippen LogP contribution is 2.13. The predicted molar refractivity (Wildman–Crippen MR) is 116 cm³/mol. The van der Waals surface area contributed by atoms with Crippen molar-refractivity contribution >= 4 is 12.0 Å². The number of amides is 1. The second-order valence-electron chi connectivity index (χ2n) is 7.47. The van der Waals surface area contributed by atoms with Crippen LogP contribution in [-0.4, -0.2) is 54.5 Å². The lowest BCUT2D eigenvalue weighted by Crippen LogP contribution is -2.54. The minimum absolute atomic E-state index is 0.0283. The third-order valence-electron chi connectivity index (χ3n) is 5.47. The van der Waals surface area contributed by atoms with Crippen molar-refractivity contribution in [2.75, 3.05) is 32.7 Å². The molecule has 1 aliphatic rings. The molecule has 148 valence electrons. The number of piperazine rings is 1. The fourth-order valence-electron chi connectivity index (χ4n) is 3.56. The summed E-state index contributed by atoms with van der Waals surface area (Å²) in [5.74, 6) is 0.105. The van der Waals surface area contributed by atoms with Gasteiger partial charge in [0.1, 0.15) is 0 Å². The number of carbonyl (C=O) groups is 1. The van der Waals surface area contributed by atoms with Crippen molar-refractivity contribution in [2.24, 2.45) is 0 Å². The van der Waals surface area contributed by atoms with Gasteiger partial charge in [-0.1, -0.05) is 72.8 Å². The Morgan fingerprint density at radius 3 is 2.21 bits per heavy atom. The molecule has 2 aromatic carbocycles. The van der Waals surface area contributed by atoms with Crippen LogP contribution in [0.25, 0.3) is 6.08 Å². The first-order valence-corrected chi connectivity index (χ1v) is 10.2. The number of hydrogen-bond donors (Lipinski definition) is 1. The average molecular weight is 378 g/mol. The van der Waals surface area contributed by atoms with Crippen LogP contribution in [0.2, 0.25) is 0 Å². The molecule has 0 saturated carbocycles. The van der Waals surface area contributed by atoms with E-state index in [-0.39, 0.29) is 18.0 Å². The highest BCUT2D eigenvalue weighted by molar-refractivity contribution is 5.81. The van der Waals surface area contributed by atoms with E-state index < -0.39 is 0 Å². The molecule has 0 aliphatic carbocycles. The molecule has 2 atom stereocenters. The summed E-state index contributed by atoms with van der Waals surface area (Å²) in [5, 5.41) is 3.15. The zero-order chi connectivity index (χ0) is 19.8. The molecule has 4 heteroatoms. The van der Waals surface area contributed by atoms with Gasteiger partial charge in [0.2, 0.25) is 5.91 Å². The fourth-order valence-corrected chi connectivity index (χ4v) is 3.56. The Labute approximate surface area is 168 Å². The molecule has 2 aromatic rings. The van der Waals surface area contributed by atoms with E-state index >= 15 is 0 Å². The van der Waals surface area contributed by atoms with Gasteiger partial charge in [-0.05, 0) is 25.0 Å². The van der Waals surface area contributed by atoms with Gasteiger partial charge in [0.15, 0.2) is 0 Å². The molecule has 1 saturated heterocycles. The van der Waals surface area contributed by atoms with E-state index in [0.29, 0.717) is 0 Å². The van der Waals surface area contributed by atoms with Crippen LogP contribution in [0.5, 0.6) is 0 Å². The maximum atomic E-state index is 12.7. The molecular weight excluding hydrogens is 346 g/mol. The van der Waals surface area contributed by atoms with Crippen LogP contribution < -0.4 is 5.32 Å². The van der Waals surface area contributed by atoms with Gasteiger partial charge in [-0.3, -0.25) is 14.6 Å². The largest absolute Gasteiger partial charge is 0.348 e. The van der Waals surface area contributed by atoms with Gasteiger partial charge in [0.05, 0.1) is 12.1 Å². The lowest BCUT2D eigenvalue weighted by atomic mass is 10.1. The quantitative estimate of drug-likeness (QED) is 0.801. The number of nitrogens with one attached hydrogen (secondary N) is 1. The van der Waals surface area contributed by atoms with Gasteiger partial charge < -0.3 is 5.32 Å². The van der Waals surface area contributed by atoms with Crippen LogP contribution in [0, 0.1) is 0 Å². The molecule has 1 aliphatic heterocycles. The smallest absolute Gasteiger partial charge is 0.237 e. The van der Waals surface area contributed by atoms with E-state index in [1.807, 2.05) is 38.1 Å². The first-order valence-electron chi connectivity index (χ1n) is 10.2. The van der Waals surface area contributed by atoms with E-state index in [1.165, 1.54) is 5.56 Å². The number of rotatable bonds is 7. The Hall–Kier alpha value is -2.43. The number of hydrogen-bond acceptors (Lipinski definition) is 3. The van der Waals surface area contributed by atoms with Gasteiger partial charge in [-0.25, -0.2) is 0 Å². The summed E-state index contributed by atoms with van der Waals surface area (Å²) in [7, 11) is 0. The van der Waals surface area contributed by atoms with Crippen molar-refractivity contribution in [2.45, 2.75) is 25.9 Å². The summed E-state index contributed by atoms with van der Waals surface area (Å²) >= 11 is 0. The summed E-state index contributed by atoms with van der Waals surface area (Å²) in [6.07, 6.45) is 4.40. The molecule has 0 spiro atoms. The van der Waals surface area contributed by atoms with Crippen LogP contribution in [-0.2, 0) is 4.79 Å². The molecule has 1 amide bonds. The van der Waals surface area contributed by atoms with E-state index in [1.54, 1.807) is 0 Å². The Balaban J connectivity index is 1.42. The molecule has 0 unspecified atom stereocenters. The Bertz CT molecular complexity index is 752. The summed E-state index contributed by atoms with van der Waals surface area (Å²) in [6.45, 7) is 8.83. The van der Waals surface area contributed by atoms with E-state index in [4.69, 9.17) is 0 Å². The number of nitrogens with zero attached hydrogens (tertiary/aromatic N) is 2. The molecule has 0 radical (unpaired) electrons. The van der Waals surface area contributed by atoms with Crippen molar-refractivity contribution in [1.82, 2.24) is 15.1 Å². The monoisotopic (exact) mass is 377 g/mol. The summed E-state index contributed by atoms with van der Waals surface area (Å²) in [6, 6.07) is 20.4. The van der Waals surface area contributed by atoms with Crippen LogP contribution in [0.4, 0.5) is 0 Å². The van der Waals surface area contributed by atoms with Gasteiger partial charge in [0, 0.05) is 32.7 Å². The highest BCUT2D eigenvalue weighted by Gasteiger charge is 2.26. The molecule has 1 heterocycles. The van der Waals surface area contributed by atoms with Gasteiger partial charge in [-0.2, -0.15) is 0 Å². The third-order valence-corrected chi connectivity index (χ3v) is 5.47. The van der Waals surface area contributed by atoms with Crippen molar-refractivity contribution in [3.8, 4) is 0 Å². The Morgan fingerprint density at radius 1 is 0.964 bits per heavy atom. The predicted octanol–water partition coefficient (Wildman–Crippen LogP) is 3.58. The number of carbonyl (C=O) groups excluding carboxylic acids is 1. The molecule has 3 rings (SSSR count). The topological polar surface area (TPSA) is 35.6 Å². The number of benzene rings is 2. The Kier molecular flexibility index (Phi) is 7.40. The van der Waals surface area contributed by atoms with E-state index in [0.717, 1.165) is 38.3 Å². The molecule has 1 fully saturated rings. The Morgan fingerprint density at radius 2 is 1.57 bits per heavy atom. The zero-order valence-corrected chi connectivity index (χ0v) is 16.9. The lowest BCUT2D eigenvalue weighted by molar-refractivity contribution is -0.127. The minimum Gasteiger partial charge on any atom is -0.348 e. The zero-order valence-electron chi connectivity index (χ0n) is 16.9. The van der Waals surface area contributed by atoms with E-state index in [2.05, 4.69) is 63.7 Å². The summed E-state index contributed by atoms with van der Waals surface area (Å²) in [4.78, 5) is 17.4.